The predicted octanol–water partition coefficient (Wildman–Crippen LogP) is 3.34. The molecule has 1 unspecified atom stereocenters. The molecule has 7 nitrogen and oxygen atoms in total. The molecule has 1 aliphatic carbocycles. The van der Waals surface area contributed by atoms with E-state index in [0.29, 0.717) is 43.1 Å². The van der Waals surface area contributed by atoms with Crippen LogP contribution in [0.15, 0.2) is 48.5 Å². The molecular weight excluding hydrogens is 418 g/mol. The van der Waals surface area contributed by atoms with Gasteiger partial charge in [-0.2, -0.15) is 0 Å². The second-order valence-corrected chi connectivity index (χ2v) is 9.00. The Morgan fingerprint density at radius 1 is 0.909 bits per heavy atom. The van der Waals surface area contributed by atoms with E-state index < -0.39 is 6.10 Å². The van der Waals surface area contributed by atoms with Crippen molar-refractivity contribution in [2.45, 2.75) is 44.8 Å². The first-order valence-corrected chi connectivity index (χ1v) is 11.8. The van der Waals surface area contributed by atoms with Gasteiger partial charge in [0.25, 0.3) is 17.7 Å². The molecule has 0 spiro atoms. The van der Waals surface area contributed by atoms with Crippen LogP contribution in [0.5, 0.6) is 5.75 Å². The Kier molecular flexibility index (Phi) is 5.79. The van der Waals surface area contributed by atoms with Gasteiger partial charge >= 0.3 is 0 Å². The van der Waals surface area contributed by atoms with Gasteiger partial charge in [0.2, 0.25) is 0 Å². The van der Waals surface area contributed by atoms with Crippen molar-refractivity contribution >= 4 is 23.4 Å². The molecule has 7 heteroatoms. The van der Waals surface area contributed by atoms with E-state index in [1.807, 2.05) is 47.4 Å². The first-order valence-electron chi connectivity index (χ1n) is 11.8. The average Bonchev–Trinajstić information content (AvgIpc) is 3.46. The van der Waals surface area contributed by atoms with Gasteiger partial charge in [0.15, 0.2) is 6.10 Å². The van der Waals surface area contributed by atoms with Crippen molar-refractivity contribution in [2.75, 3.05) is 31.1 Å². The number of para-hydroxylation sites is 1. The third kappa shape index (κ3) is 3.96. The van der Waals surface area contributed by atoms with E-state index >= 15 is 0 Å². The zero-order chi connectivity index (χ0) is 22.9. The molecule has 2 aromatic rings. The Bertz CT molecular complexity index is 1060. The third-order valence-electron chi connectivity index (χ3n) is 6.95. The Morgan fingerprint density at radius 2 is 1.61 bits per heavy atom. The summed E-state index contributed by atoms with van der Waals surface area (Å²) in [5.41, 5.74) is 1.83. The van der Waals surface area contributed by atoms with E-state index in [1.165, 1.54) is 4.90 Å². The van der Waals surface area contributed by atoms with Crippen molar-refractivity contribution in [1.82, 2.24) is 9.80 Å². The second kappa shape index (κ2) is 8.89. The molecular formula is C26H29N3O4. The smallest absolute Gasteiger partial charge is 0.263 e. The molecule has 172 valence electrons. The normalized spacial score (nSPS) is 19.7. The Labute approximate surface area is 193 Å². The average molecular weight is 448 g/mol. The van der Waals surface area contributed by atoms with Crippen LogP contribution < -0.4 is 9.64 Å². The summed E-state index contributed by atoms with van der Waals surface area (Å²) in [6.07, 6.45) is 3.34. The number of hydrogen-bond donors (Lipinski definition) is 0. The number of amides is 3. The number of rotatable bonds is 5. The molecule has 0 radical (unpaired) electrons. The van der Waals surface area contributed by atoms with Crippen LogP contribution in [0.1, 0.15) is 53.3 Å². The highest BCUT2D eigenvalue weighted by atomic mass is 16.5. The van der Waals surface area contributed by atoms with Gasteiger partial charge in [-0.05, 0) is 44.0 Å². The summed E-state index contributed by atoms with van der Waals surface area (Å²) in [4.78, 5) is 44.6. The summed E-state index contributed by atoms with van der Waals surface area (Å²) >= 11 is 0. The third-order valence-corrected chi connectivity index (χ3v) is 6.95. The van der Waals surface area contributed by atoms with Crippen molar-refractivity contribution in [3.63, 3.8) is 0 Å². The van der Waals surface area contributed by atoms with Crippen molar-refractivity contribution in [2.24, 2.45) is 0 Å². The quantitative estimate of drug-likeness (QED) is 0.658. The van der Waals surface area contributed by atoms with Crippen LogP contribution in [-0.2, 0) is 4.79 Å². The number of piperazine rings is 1. The molecule has 0 aromatic heterocycles. The minimum Gasteiger partial charge on any atom is -0.481 e. The number of fused-ring (bicyclic) bond motifs is 1. The van der Waals surface area contributed by atoms with Gasteiger partial charge in [0.05, 0.1) is 16.8 Å². The fourth-order valence-electron chi connectivity index (χ4n) is 5.22. The predicted molar refractivity (Wildman–Crippen MR) is 125 cm³/mol. The molecule has 3 aliphatic rings. The molecule has 2 aromatic carbocycles. The van der Waals surface area contributed by atoms with Crippen molar-refractivity contribution < 1.29 is 19.1 Å². The molecule has 33 heavy (non-hydrogen) atoms. The van der Waals surface area contributed by atoms with Crippen LogP contribution in [0.3, 0.4) is 0 Å². The number of imide groups is 1. The maximum Gasteiger partial charge on any atom is 0.263 e. The van der Waals surface area contributed by atoms with E-state index in [2.05, 4.69) is 4.90 Å². The van der Waals surface area contributed by atoms with Crippen LogP contribution in [0, 0.1) is 0 Å². The summed E-state index contributed by atoms with van der Waals surface area (Å²) in [6.45, 7) is 4.06. The first-order chi connectivity index (χ1) is 16.0. The van der Waals surface area contributed by atoms with Gasteiger partial charge in [-0.15, -0.1) is 0 Å². The fraction of sp³-hybridized carbons (Fsp3) is 0.423. The Morgan fingerprint density at radius 3 is 2.30 bits per heavy atom. The molecule has 2 aliphatic heterocycles. The fourth-order valence-corrected chi connectivity index (χ4v) is 5.22. The summed E-state index contributed by atoms with van der Waals surface area (Å²) in [5, 5.41) is 0. The van der Waals surface area contributed by atoms with Crippen molar-refractivity contribution in [3.8, 4) is 5.75 Å². The van der Waals surface area contributed by atoms with Crippen molar-refractivity contribution in [3.05, 3.63) is 59.7 Å². The van der Waals surface area contributed by atoms with Gasteiger partial charge in [-0.3, -0.25) is 19.3 Å². The monoisotopic (exact) mass is 447 g/mol. The van der Waals surface area contributed by atoms with E-state index in [9.17, 15) is 14.4 Å². The molecule has 1 atom stereocenters. The van der Waals surface area contributed by atoms with Crippen LogP contribution in [0.2, 0.25) is 0 Å². The molecule has 1 saturated heterocycles. The minimum atomic E-state index is -0.570. The van der Waals surface area contributed by atoms with Gasteiger partial charge in [-0.25, -0.2) is 0 Å². The standard InChI is InChI=1S/C26H29N3O4/c1-18(33-20-10-3-2-4-11-20)24(30)28-16-14-27(15-17-28)22-13-7-12-21-23(22)26(32)29(25(21)31)19-8-5-6-9-19/h2-4,7,10-13,18-19H,5-6,8-9,14-17H2,1H3. The Balaban J connectivity index is 1.27. The van der Waals surface area contributed by atoms with Crippen LogP contribution in [0.4, 0.5) is 5.69 Å². The van der Waals surface area contributed by atoms with Gasteiger partial charge in [0.1, 0.15) is 5.75 Å². The number of anilines is 1. The van der Waals surface area contributed by atoms with Crippen LogP contribution >= 0.6 is 0 Å². The first kappa shape index (κ1) is 21.5. The topological polar surface area (TPSA) is 70.2 Å². The lowest BCUT2D eigenvalue weighted by atomic mass is 10.1. The lowest BCUT2D eigenvalue weighted by Crippen LogP contribution is -2.52. The molecule has 0 bridgehead atoms. The lowest BCUT2D eigenvalue weighted by Gasteiger charge is -2.37. The minimum absolute atomic E-state index is 0.0193. The number of nitrogens with zero attached hydrogens (tertiary/aromatic N) is 3. The van der Waals surface area contributed by atoms with E-state index in [-0.39, 0.29) is 23.8 Å². The van der Waals surface area contributed by atoms with Gasteiger partial charge in [0, 0.05) is 32.2 Å². The molecule has 1 saturated carbocycles. The van der Waals surface area contributed by atoms with Crippen LogP contribution in [-0.4, -0.2) is 65.8 Å². The highest BCUT2D eigenvalue weighted by Crippen LogP contribution is 2.36. The number of carbonyl (C=O) groups is 3. The highest BCUT2D eigenvalue weighted by molar-refractivity contribution is 6.24. The maximum absolute atomic E-state index is 13.3. The molecule has 3 amide bonds. The lowest BCUT2D eigenvalue weighted by molar-refractivity contribution is -0.138. The van der Waals surface area contributed by atoms with E-state index in [1.54, 1.807) is 13.0 Å². The summed E-state index contributed by atoms with van der Waals surface area (Å²) in [5.74, 6) is 0.299. The number of ether oxygens (including phenoxy) is 1. The highest BCUT2D eigenvalue weighted by Gasteiger charge is 2.43. The maximum atomic E-state index is 13.3. The zero-order valence-corrected chi connectivity index (χ0v) is 18.9. The molecule has 0 N–H and O–H groups in total. The van der Waals surface area contributed by atoms with E-state index in [0.717, 1.165) is 31.4 Å². The Hall–Kier alpha value is -3.35. The molecule has 5 rings (SSSR count). The second-order valence-electron chi connectivity index (χ2n) is 9.00. The molecule has 2 fully saturated rings. The SMILES string of the molecule is CC(Oc1ccccc1)C(=O)N1CCN(c2cccc3c2C(=O)N(C2CCCC2)C3=O)CC1. The van der Waals surface area contributed by atoms with Gasteiger partial charge < -0.3 is 14.5 Å². The van der Waals surface area contributed by atoms with Gasteiger partial charge in [-0.1, -0.05) is 37.1 Å². The largest absolute Gasteiger partial charge is 0.481 e. The summed E-state index contributed by atoms with van der Waals surface area (Å²) < 4.78 is 5.80. The number of hydrogen-bond acceptors (Lipinski definition) is 5. The summed E-state index contributed by atoms with van der Waals surface area (Å²) in [6, 6.07) is 14.9. The zero-order valence-electron chi connectivity index (χ0n) is 18.9. The number of carbonyl (C=O) groups excluding carboxylic acids is 3. The van der Waals surface area contributed by atoms with Crippen molar-refractivity contribution in [1.29, 1.82) is 0 Å². The van der Waals surface area contributed by atoms with Crippen LogP contribution in [0.25, 0.3) is 0 Å². The molecule has 2 heterocycles. The number of benzene rings is 2. The van der Waals surface area contributed by atoms with E-state index in [4.69, 9.17) is 4.74 Å². The summed E-state index contributed by atoms with van der Waals surface area (Å²) in [7, 11) is 0.